The van der Waals surface area contributed by atoms with Gasteiger partial charge in [-0.1, -0.05) is 11.3 Å². The molecule has 0 unspecified atom stereocenters. The number of fused-ring (bicyclic) bond motifs is 2. The number of nitrogens with one attached hydrogen (secondary N) is 4. The Labute approximate surface area is 203 Å². The lowest BCUT2D eigenvalue weighted by molar-refractivity contribution is -0.137. The van der Waals surface area contributed by atoms with E-state index >= 15 is 0 Å². The fourth-order valence-electron chi connectivity index (χ4n) is 3.35. The van der Waals surface area contributed by atoms with Gasteiger partial charge in [-0.2, -0.15) is 13.2 Å². The first-order valence-corrected chi connectivity index (χ1v) is 11.1. The zero-order valence-electron chi connectivity index (χ0n) is 17.9. The Morgan fingerprint density at radius 2 is 1.67 bits per heavy atom. The maximum atomic E-state index is 12.7. The van der Waals surface area contributed by atoms with Crippen molar-refractivity contribution in [1.29, 1.82) is 0 Å². The maximum Gasteiger partial charge on any atom is 0.417 e. The van der Waals surface area contributed by atoms with E-state index in [0.29, 0.717) is 32.6 Å². The zero-order chi connectivity index (χ0) is 25.4. The lowest BCUT2D eigenvalue weighted by Gasteiger charge is -2.08. The minimum absolute atomic E-state index is 0.178. The van der Waals surface area contributed by atoms with Crippen LogP contribution in [-0.4, -0.2) is 21.9 Å². The summed E-state index contributed by atoms with van der Waals surface area (Å²) in [5, 5.41) is 7.93. The molecule has 36 heavy (non-hydrogen) atoms. The third-order valence-electron chi connectivity index (χ3n) is 5.02. The Balaban J connectivity index is 1.26. The number of H-pyrrole nitrogens is 1. The van der Waals surface area contributed by atoms with Crippen molar-refractivity contribution >= 4 is 61.1 Å². The molecular weight excluding hydrogens is 499 g/mol. The fourth-order valence-corrected chi connectivity index (χ4v) is 4.25. The van der Waals surface area contributed by atoms with Crippen LogP contribution < -0.4 is 21.7 Å². The number of aromatic nitrogens is 2. The third kappa shape index (κ3) is 4.90. The number of rotatable bonds is 4. The standard InChI is InChI=1S/C23H14F3N5O4S/c24-23(25,26)12-2-4-13(5-3-12)28-20(33)31-21-29-16-7-1-11(9-18(16)36-21)19(32)27-14-6-8-15-17(10-14)35-22(34)30-15/h1-10H,(H,27,32)(H,30,34)(H2,28,29,31,33). The van der Waals surface area contributed by atoms with Gasteiger partial charge in [0.25, 0.3) is 5.91 Å². The molecule has 0 fully saturated rings. The Bertz CT molecular complexity index is 1670. The number of anilines is 3. The van der Waals surface area contributed by atoms with Crippen molar-refractivity contribution in [3.63, 3.8) is 0 Å². The number of carbonyl (C=O) groups excluding carboxylic acids is 2. The van der Waals surface area contributed by atoms with Crippen molar-refractivity contribution in [2.45, 2.75) is 6.18 Å². The lowest BCUT2D eigenvalue weighted by atomic mass is 10.2. The number of halogens is 3. The average Bonchev–Trinajstić information content (AvgIpc) is 3.39. The summed E-state index contributed by atoms with van der Waals surface area (Å²) in [5.41, 5.74) is 1.47. The van der Waals surface area contributed by atoms with E-state index in [1.165, 1.54) is 6.07 Å². The highest BCUT2D eigenvalue weighted by molar-refractivity contribution is 7.22. The minimum atomic E-state index is -4.47. The Kier molecular flexibility index (Phi) is 5.68. The quantitative estimate of drug-likeness (QED) is 0.247. The number of urea groups is 1. The number of aromatic amines is 1. The molecule has 2 aromatic heterocycles. The van der Waals surface area contributed by atoms with Gasteiger partial charge in [-0.05, 0) is 54.6 Å². The Hall–Kier alpha value is -4.65. The van der Waals surface area contributed by atoms with Crippen LogP contribution >= 0.6 is 11.3 Å². The molecule has 0 aliphatic heterocycles. The first-order valence-electron chi connectivity index (χ1n) is 10.2. The van der Waals surface area contributed by atoms with Gasteiger partial charge in [-0.25, -0.2) is 14.6 Å². The summed E-state index contributed by atoms with van der Waals surface area (Å²) >= 11 is 1.12. The molecule has 9 nitrogen and oxygen atoms in total. The summed E-state index contributed by atoms with van der Waals surface area (Å²) in [5.74, 6) is -1.00. The second-order valence-corrected chi connectivity index (χ2v) is 8.57. The highest BCUT2D eigenvalue weighted by Gasteiger charge is 2.30. The van der Waals surface area contributed by atoms with Crippen molar-refractivity contribution in [2.24, 2.45) is 0 Å². The van der Waals surface area contributed by atoms with Crippen molar-refractivity contribution in [3.8, 4) is 0 Å². The number of carbonyl (C=O) groups is 2. The van der Waals surface area contributed by atoms with Gasteiger partial charge in [0.2, 0.25) is 0 Å². The molecule has 0 saturated carbocycles. The molecule has 0 spiro atoms. The maximum absolute atomic E-state index is 12.7. The number of benzene rings is 3. The molecule has 3 aromatic carbocycles. The van der Waals surface area contributed by atoms with E-state index in [4.69, 9.17) is 4.42 Å². The number of nitrogens with zero attached hydrogens (tertiary/aromatic N) is 1. The molecular formula is C23H14F3N5O4S. The predicted molar refractivity (Wildman–Crippen MR) is 128 cm³/mol. The van der Waals surface area contributed by atoms with E-state index in [2.05, 4.69) is 25.9 Å². The van der Waals surface area contributed by atoms with Crippen molar-refractivity contribution in [2.75, 3.05) is 16.0 Å². The summed E-state index contributed by atoms with van der Waals surface area (Å²) in [6, 6.07) is 12.9. The first-order chi connectivity index (χ1) is 17.1. The van der Waals surface area contributed by atoms with Gasteiger partial charge in [0, 0.05) is 23.0 Å². The van der Waals surface area contributed by atoms with Gasteiger partial charge in [0.1, 0.15) is 0 Å². The van der Waals surface area contributed by atoms with Gasteiger partial charge in [-0.15, -0.1) is 0 Å². The van der Waals surface area contributed by atoms with Crippen LogP contribution in [0.4, 0.5) is 34.5 Å². The molecule has 0 bridgehead atoms. The summed E-state index contributed by atoms with van der Waals surface area (Å²) in [7, 11) is 0. The third-order valence-corrected chi connectivity index (χ3v) is 5.95. The van der Waals surface area contributed by atoms with E-state index in [0.717, 1.165) is 35.6 Å². The Morgan fingerprint density at radius 1 is 0.917 bits per heavy atom. The number of alkyl halides is 3. The molecule has 5 aromatic rings. The molecule has 5 rings (SSSR count). The molecule has 13 heteroatoms. The van der Waals surface area contributed by atoms with Crippen LogP contribution in [0.1, 0.15) is 15.9 Å². The van der Waals surface area contributed by atoms with Gasteiger partial charge in [0.15, 0.2) is 10.7 Å². The van der Waals surface area contributed by atoms with E-state index in [1.54, 1.807) is 30.3 Å². The molecule has 182 valence electrons. The topological polar surface area (TPSA) is 129 Å². The van der Waals surface area contributed by atoms with Crippen molar-refractivity contribution in [3.05, 3.63) is 82.3 Å². The van der Waals surface area contributed by atoms with Crippen LogP contribution in [-0.2, 0) is 6.18 Å². The normalized spacial score (nSPS) is 11.5. The zero-order valence-corrected chi connectivity index (χ0v) is 18.7. The van der Waals surface area contributed by atoms with Gasteiger partial charge in [0.05, 0.1) is 21.3 Å². The van der Waals surface area contributed by atoms with Crippen molar-refractivity contribution in [1.82, 2.24) is 9.97 Å². The highest BCUT2D eigenvalue weighted by Crippen LogP contribution is 2.30. The number of amides is 3. The minimum Gasteiger partial charge on any atom is -0.408 e. The Morgan fingerprint density at radius 3 is 2.42 bits per heavy atom. The lowest BCUT2D eigenvalue weighted by Crippen LogP contribution is -2.19. The largest absolute Gasteiger partial charge is 0.417 e. The van der Waals surface area contributed by atoms with E-state index in [9.17, 15) is 27.6 Å². The van der Waals surface area contributed by atoms with Gasteiger partial charge >= 0.3 is 18.0 Å². The SMILES string of the molecule is O=C(Nc1ccc(C(F)(F)F)cc1)Nc1nc2ccc(C(=O)Nc3ccc4[nH]c(=O)oc4c3)cc2s1. The summed E-state index contributed by atoms with van der Waals surface area (Å²) in [6.07, 6.45) is -4.47. The number of hydrogen-bond acceptors (Lipinski definition) is 6. The van der Waals surface area contributed by atoms with Gasteiger partial charge in [-0.3, -0.25) is 15.1 Å². The second-order valence-electron chi connectivity index (χ2n) is 7.54. The van der Waals surface area contributed by atoms with Crippen LogP contribution in [0.15, 0.2) is 69.9 Å². The molecule has 0 aliphatic rings. The van der Waals surface area contributed by atoms with Crippen LogP contribution in [0.25, 0.3) is 21.3 Å². The van der Waals surface area contributed by atoms with E-state index in [-0.39, 0.29) is 10.8 Å². The number of oxazole rings is 1. The average molecular weight is 513 g/mol. The number of thiazole rings is 1. The monoisotopic (exact) mass is 513 g/mol. The molecule has 0 radical (unpaired) electrons. The molecule has 4 N–H and O–H groups in total. The molecule has 3 amide bonds. The molecule has 0 saturated heterocycles. The molecule has 0 atom stereocenters. The smallest absolute Gasteiger partial charge is 0.408 e. The summed E-state index contributed by atoms with van der Waals surface area (Å²) in [6.45, 7) is 0. The number of hydrogen-bond donors (Lipinski definition) is 4. The highest BCUT2D eigenvalue weighted by atomic mass is 32.1. The predicted octanol–water partition coefficient (Wildman–Crippen LogP) is 5.65. The van der Waals surface area contributed by atoms with Crippen LogP contribution in [0.3, 0.4) is 0 Å². The first kappa shape index (κ1) is 23.1. The molecule has 2 heterocycles. The fraction of sp³-hybridized carbons (Fsp3) is 0.0435. The van der Waals surface area contributed by atoms with Crippen LogP contribution in [0.2, 0.25) is 0 Å². The van der Waals surface area contributed by atoms with E-state index < -0.39 is 29.4 Å². The van der Waals surface area contributed by atoms with Gasteiger partial charge < -0.3 is 15.1 Å². The van der Waals surface area contributed by atoms with E-state index in [1.807, 2.05) is 0 Å². The summed E-state index contributed by atoms with van der Waals surface area (Å²) in [4.78, 5) is 43.0. The second kappa shape index (κ2) is 8.85. The van der Waals surface area contributed by atoms with Crippen LogP contribution in [0, 0.1) is 0 Å². The van der Waals surface area contributed by atoms with Crippen LogP contribution in [0.5, 0.6) is 0 Å². The molecule has 0 aliphatic carbocycles. The van der Waals surface area contributed by atoms with Crippen molar-refractivity contribution < 1.29 is 27.2 Å². The summed E-state index contributed by atoms with van der Waals surface area (Å²) < 4.78 is 43.6.